The summed E-state index contributed by atoms with van der Waals surface area (Å²) in [6.45, 7) is 3.94. The van der Waals surface area contributed by atoms with Crippen molar-refractivity contribution in [2.24, 2.45) is 11.7 Å². The number of hydrogen-bond donors (Lipinski definition) is 2. The third-order valence-electron chi connectivity index (χ3n) is 3.71. The van der Waals surface area contributed by atoms with E-state index < -0.39 is 6.04 Å². The fourth-order valence-electron chi connectivity index (χ4n) is 2.47. The minimum atomic E-state index is -0.418. The molecule has 0 radical (unpaired) electrons. The Hall–Kier alpha value is -1.35. The highest BCUT2D eigenvalue weighted by Gasteiger charge is 2.24. The second kappa shape index (κ2) is 5.53. The zero-order chi connectivity index (χ0) is 13.1. The summed E-state index contributed by atoms with van der Waals surface area (Å²) in [5.74, 6) is 0.135. The van der Waals surface area contributed by atoms with Crippen LogP contribution in [0.4, 0.5) is 0 Å². The van der Waals surface area contributed by atoms with Crippen molar-refractivity contribution in [2.75, 3.05) is 0 Å². The first-order chi connectivity index (χ1) is 8.59. The molecule has 0 saturated carbocycles. The molecule has 0 unspecified atom stereocenters. The number of hydrogen-bond acceptors (Lipinski definition) is 2. The lowest BCUT2D eigenvalue weighted by atomic mass is 9.87. The zero-order valence-corrected chi connectivity index (χ0v) is 11.1. The summed E-state index contributed by atoms with van der Waals surface area (Å²) in [6, 6.07) is 8.07. The van der Waals surface area contributed by atoms with Crippen molar-refractivity contribution in [1.82, 2.24) is 5.32 Å². The Bertz CT molecular complexity index is 428. The van der Waals surface area contributed by atoms with Crippen molar-refractivity contribution < 1.29 is 4.79 Å². The first-order valence-electron chi connectivity index (χ1n) is 6.73. The van der Waals surface area contributed by atoms with E-state index in [1.807, 2.05) is 19.9 Å². The molecule has 1 amide bonds. The monoisotopic (exact) mass is 246 g/mol. The number of rotatable bonds is 3. The summed E-state index contributed by atoms with van der Waals surface area (Å²) >= 11 is 0. The molecule has 0 bridgehead atoms. The van der Waals surface area contributed by atoms with Crippen LogP contribution in [-0.2, 0) is 11.2 Å². The van der Waals surface area contributed by atoms with Crippen LogP contribution in [-0.4, -0.2) is 11.9 Å². The van der Waals surface area contributed by atoms with Crippen molar-refractivity contribution in [3.63, 3.8) is 0 Å². The van der Waals surface area contributed by atoms with E-state index in [9.17, 15) is 4.79 Å². The van der Waals surface area contributed by atoms with Gasteiger partial charge in [-0.15, -0.1) is 0 Å². The number of nitrogens with two attached hydrogens (primary N) is 1. The highest BCUT2D eigenvalue weighted by molar-refractivity contribution is 5.82. The van der Waals surface area contributed by atoms with Crippen LogP contribution in [0.3, 0.4) is 0 Å². The number of carbonyl (C=O) groups excluding carboxylic acids is 1. The maximum atomic E-state index is 12.0. The van der Waals surface area contributed by atoms with Crippen LogP contribution in [0.25, 0.3) is 0 Å². The van der Waals surface area contributed by atoms with E-state index in [0.717, 1.165) is 19.3 Å². The first-order valence-corrected chi connectivity index (χ1v) is 6.73. The van der Waals surface area contributed by atoms with Crippen LogP contribution < -0.4 is 11.1 Å². The van der Waals surface area contributed by atoms with E-state index in [1.54, 1.807) is 0 Å². The molecule has 0 spiro atoms. The highest BCUT2D eigenvalue weighted by Crippen LogP contribution is 2.29. The SMILES string of the molecule is CC(C)[C@@H](N)C(=O)N[C@@H]1CCCc2ccccc21. The Labute approximate surface area is 109 Å². The molecule has 0 heterocycles. The van der Waals surface area contributed by atoms with Gasteiger partial charge in [0.1, 0.15) is 0 Å². The predicted molar refractivity (Wildman–Crippen MR) is 73.1 cm³/mol. The van der Waals surface area contributed by atoms with Gasteiger partial charge in [0.2, 0.25) is 5.91 Å². The number of amides is 1. The van der Waals surface area contributed by atoms with Gasteiger partial charge in [-0.25, -0.2) is 0 Å². The Kier molecular flexibility index (Phi) is 4.02. The van der Waals surface area contributed by atoms with E-state index >= 15 is 0 Å². The van der Waals surface area contributed by atoms with Gasteiger partial charge in [-0.2, -0.15) is 0 Å². The van der Waals surface area contributed by atoms with Crippen molar-refractivity contribution in [3.05, 3.63) is 35.4 Å². The van der Waals surface area contributed by atoms with Crippen LogP contribution in [0.2, 0.25) is 0 Å². The van der Waals surface area contributed by atoms with Crippen molar-refractivity contribution in [3.8, 4) is 0 Å². The van der Waals surface area contributed by atoms with E-state index in [2.05, 4.69) is 23.5 Å². The van der Waals surface area contributed by atoms with Gasteiger partial charge in [-0.05, 0) is 36.3 Å². The van der Waals surface area contributed by atoms with Gasteiger partial charge in [0.25, 0.3) is 0 Å². The Morgan fingerprint density at radius 3 is 2.83 bits per heavy atom. The van der Waals surface area contributed by atoms with Gasteiger partial charge in [0.15, 0.2) is 0 Å². The fourth-order valence-corrected chi connectivity index (χ4v) is 2.47. The average molecular weight is 246 g/mol. The van der Waals surface area contributed by atoms with E-state index in [0.29, 0.717) is 0 Å². The predicted octanol–water partition coefficient (Wildman–Crippen LogP) is 2.16. The van der Waals surface area contributed by atoms with Gasteiger partial charge in [0.05, 0.1) is 12.1 Å². The average Bonchev–Trinajstić information content (AvgIpc) is 2.38. The number of carbonyl (C=O) groups is 1. The molecule has 3 heteroatoms. The third kappa shape index (κ3) is 2.72. The van der Waals surface area contributed by atoms with Gasteiger partial charge in [-0.1, -0.05) is 38.1 Å². The number of fused-ring (bicyclic) bond motifs is 1. The zero-order valence-electron chi connectivity index (χ0n) is 11.1. The van der Waals surface area contributed by atoms with Crippen molar-refractivity contribution in [2.45, 2.75) is 45.2 Å². The highest BCUT2D eigenvalue weighted by atomic mass is 16.2. The van der Waals surface area contributed by atoms with Crippen molar-refractivity contribution >= 4 is 5.91 Å². The molecule has 2 atom stereocenters. The molecule has 0 aliphatic heterocycles. The number of benzene rings is 1. The van der Waals surface area contributed by atoms with Crippen LogP contribution >= 0.6 is 0 Å². The molecule has 98 valence electrons. The molecule has 2 rings (SSSR count). The smallest absolute Gasteiger partial charge is 0.237 e. The van der Waals surface area contributed by atoms with E-state index in [4.69, 9.17) is 5.73 Å². The Morgan fingerprint density at radius 1 is 1.39 bits per heavy atom. The first kappa shape index (κ1) is 13.1. The molecule has 0 saturated heterocycles. The summed E-state index contributed by atoms with van der Waals surface area (Å²) in [5.41, 5.74) is 8.50. The maximum absolute atomic E-state index is 12.0. The lowest BCUT2D eigenvalue weighted by molar-refractivity contribution is -0.124. The largest absolute Gasteiger partial charge is 0.348 e. The summed E-state index contributed by atoms with van der Waals surface area (Å²) in [6.07, 6.45) is 3.24. The Morgan fingerprint density at radius 2 is 2.11 bits per heavy atom. The molecule has 3 nitrogen and oxygen atoms in total. The molecular formula is C15H22N2O. The lowest BCUT2D eigenvalue weighted by Crippen LogP contribution is -2.45. The van der Waals surface area contributed by atoms with Gasteiger partial charge >= 0.3 is 0 Å². The van der Waals surface area contributed by atoms with Crippen molar-refractivity contribution in [1.29, 1.82) is 0 Å². The van der Waals surface area contributed by atoms with Crippen LogP contribution in [0, 0.1) is 5.92 Å². The molecular weight excluding hydrogens is 224 g/mol. The van der Waals surface area contributed by atoms with Crippen LogP contribution in [0.5, 0.6) is 0 Å². The summed E-state index contributed by atoms with van der Waals surface area (Å²) in [7, 11) is 0. The third-order valence-corrected chi connectivity index (χ3v) is 3.71. The van der Waals surface area contributed by atoms with E-state index in [-0.39, 0.29) is 17.9 Å². The summed E-state index contributed by atoms with van der Waals surface area (Å²) in [4.78, 5) is 12.0. The molecule has 1 aliphatic carbocycles. The van der Waals surface area contributed by atoms with Gasteiger partial charge < -0.3 is 11.1 Å². The second-order valence-electron chi connectivity index (χ2n) is 5.42. The van der Waals surface area contributed by atoms with E-state index in [1.165, 1.54) is 11.1 Å². The second-order valence-corrected chi connectivity index (χ2v) is 5.42. The summed E-state index contributed by atoms with van der Waals surface area (Å²) < 4.78 is 0. The Balaban J connectivity index is 2.10. The van der Waals surface area contributed by atoms with Gasteiger partial charge in [-0.3, -0.25) is 4.79 Å². The number of aryl methyl sites for hydroxylation is 1. The standard InChI is InChI=1S/C15H22N2O/c1-10(2)14(16)15(18)17-13-9-5-7-11-6-3-4-8-12(11)13/h3-4,6,8,10,13-14H,5,7,9,16H2,1-2H3,(H,17,18)/t13-,14-/m1/s1. The topological polar surface area (TPSA) is 55.1 Å². The molecule has 1 aliphatic rings. The minimum absolute atomic E-state index is 0.0355. The molecule has 18 heavy (non-hydrogen) atoms. The quantitative estimate of drug-likeness (QED) is 0.858. The fraction of sp³-hybridized carbons (Fsp3) is 0.533. The minimum Gasteiger partial charge on any atom is -0.348 e. The molecule has 1 aromatic rings. The summed E-state index contributed by atoms with van der Waals surface area (Å²) in [5, 5.41) is 3.09. The maximum Gasteiger partial charge on any atom is 0.237 e. The number of nitrogens with one attached hydrogen (secondary N) is 1. The van der Waals surface area contributed by atoms with Crippen LogP contribution in [0.1, 0.15) is 43.9 Å². The van der Waals surface area contributed by atoms with Gasteiger partial charge in [0, 0.05) is 0 Å². The lowest BCUT2D eigenvalue weighted by Gasteiger charge is -2.28. The van der Waals surface area contributed by atoms with Crippen LogP contribution in [0.15, 0.2) is 24.3 Å². The molecule has 0 aromatic heterocycles. The molecule has 1 aromatic carbocycles. The normalized spacial score (nSPS) is 20.3. The molecule has 3 N–H and O–H groups in total. The molecule has 0 fully saturated rings.